The lowest BCUT2D eigenvalue weighted by atomic mass is 10.0. The first-order chi connectivity index (χ1) is 8.86. The number of rotatable bonds is 3. The van der Waals surface area contributed by atoms with E-state index in [2.05, 4.69) is 6.07 Å². The monoisotopic (exact) mass is 235 g/mol. The molecule has 2 rings (SSSR count). The summed E-state index contributed by atoms with van der Waals surface area (Å²) in [5.74, 6) is 0.601. The van der Waals surface area contributed by atoms with Crippen LogP contribution < -0.4 is 0 Å². The van der Waals surface area contributed by atoms with Gasteiger partial charge in [-0.25, -0.2) is 0 Å². The predicted molar refractivity (Wildman–Crippen MR) is 72.3 cm³/mol. The Bertz CT molecular complexity index is 579. The largest absolute Gasteiger partial charge is 0.495 e. The fourth-order valence-corrected chi connectivity index (χ4v) is 1.81. The van der Waals surface area contributed by atoms with Gasteiger partial charge < -0.3 is 4.74 Å². The second kappa shape index (κ2) is 5.70. The molecular weight excluding hydrogens is 222 g/mol. The zero-order valence-electron chi connectivity index (χ0n) is 10.1. The van der Waals surface area contributed by atoms with E-state index in [1.165, 1.54) is 0 Å². The van der Waals surface area contributed by atoms with Gasteiger partial charge in [0.05, 0.1) is 7.11 Å². The van der Waals surface area contributed by atoms with Crippen LogP contribution in [0.4, 0.5) is 0 Å². The Morgan fingerprint density at radius 2 is 1.39 bits per heavy atom. The summed E-state index contributed by atoms with van der Waals surface area (Å²) < 4.78 is 5.40. The second-order valence-electron chi connectivity index (χ2n) is 3.75. The highest BCUT2D eigenvalue weighted by atomic mass is 16.5. The number of ether oxygens (including phenoxy) is 1. The average Bonchev–Trinajstić information content (AvgIpc) is 2.46. The van der Waals surface area contributed by atoms with Crippen LogP contribution in [0.15, 0.2) is 60.7 Å². The third kappa shape index (κ3) is 2.41. The average molecular weight is 235 g/mol. The summed E-state index contributed by atoms with van der Waals surface area (Å²) in [5, 5.41) is 9.35. The number of nitriles is 1. The van der Waals surface area contributed by atoms with E-state index < -0.39 is 0 Å². The lowest BCUT2D eigenvalue weighted by Gasteiger charge is -2.09. The molecule has 0 radical (unpaired) electrons. The van der Waals surface area contributed by atoms with E-state index in [0.717, 1.165) is 11.1 Å². The molecular formula is C16H13NO. The molecule has 18 heavy (non-hydrogen) atoms. The zero-order valence-corrected chi connectivity index (χ0v) is 10.1. The Morgan fingerprint density at radius 3 is 1.83 bits per heavy atom. The molecule has 0 aromatic heterocycles. The molecule has 0 atom stereocenters. The van der Waals surface area contributed by atoms with Gasteiger partial charge in [0.1, 0.15) is 17.4 Å². The molecule has 0 heterocycles. The van der Waals surface area contributed by atoms with Gasteiger partial charge in [0.15, 0.2) is 0 Å². The lowest BCUT2D eigenvalue weighted by molar-refractivity contribution is 0.372. The second-order valence-corrected chi connectivity index (χ2v) is 3.75. The van der Waals surface area contributed by atoms with E-state index in [4.69, 9.17) is 4.74 Å². The zero-order chi connectivity index (χ0) is 12.8. The van der Waals surface area contributed by atoms with Crippen LogP contribution in [0.3, 0.4) is 0 Å². The number of hydrogen-bond donors (Lipinski definition) is 0. The van der Waals surface area contributed by atoms with Crippen LogP contribution in [0.2, 0.25) is 0 Å². The number of hydrogen-bond acceptors (Lipinski definition) is 2. The quantitative estimate of drug-likeness (QED) is 0.461. The van der Waals surface area contributed by atoms with Crippen LogP contribution in [-0.4, -0.2) is 7.11 Å². The van der Waals surface area contributed by atoms with Crippen LogP contribution in [0.25, 0.3) is 11.3 Å². The Hall–Kier alpha value is -2.53. The molecule has 0 bridgehead atoms. The minimum Gasteiger partial charge on any atom is -0.495 e. The van der Waals surface area contributed by atoms with E-state index in [1.807, 2.05) is 60.7 Å². The van der Waals surface area contributed by atoms with E-state index >= 15 is 0 Å². The molecule has 2 aromatic carbocycles. The Labute approximate surface area is 107 Å². The van der Waals surface area contributed by atoms with Crippen molar-refractivity contribution >= 4 is 11.3 Å². The van der Waals surface area contributed by atoms with Crippen LogP contribution >= 0.6 is 0 Å². The lowest BCUT2D eigenvalue weighted by Crippen LogP contribution is -1.93. The molecule has 88 valence electrons. The minimum atomic E-state index is 0.546. The minimum absolute atomic E-state index is 0.546. The Morgan fingerprint density at radius 1 is 0.889 bits per heavy atom. The summed E-state index contributed by atoms with van der Waals surface area (Å²) in [7, 11) is 1.59. The van der Waals surface area contributed by atoms with E-state index in [9.17, 15) is 5.26 Å². The maximum absolute atomic E-state index is 9.35. The normalized spacial score (nSPS) is 11.3. The maximum Gasteiger partial charge on any atom is 0.144 e. The number of allylic oxidation sites excluding steroid dienone is 1. The van der Waals surface area contributed by atoms with Crippen molar-refractivity contribution in [3.63, 3.8) is 0 Å². The smallest absolute Gasteiger partial charge is 0.144 e. The SMILES string of the molecule is CO/C(=C(/C#N)c1ccccc1)c1ccccc1. The first kappa shape index (κ1) is 11.9. The van der Waals surface area contributed by atoms with Crippen molar-refractivity contribution < 1.29 is 4.74 Å². The van der Waals surface area contributed by atoms with E-state index in [0.29, 0.717) is 11.3 Å². The van der Waals surface area contributed by atoms with Crippen LogP contribution in [0.5, 0.6) is 0 Å². The molecule has 0 amide bonds. The molecule has 0 N–H and O–H groups in total. The highest BCUT2D eigenvalue weighted by molar-refractivity contribution is 5.94. The molecule has 0 unspecified atom stereocenters. The first-order valence-electron chi connectivity index (χ1n) is 5.66. The molecule has 0 aliphatic carbocycles. The molecule has 2 nitrogen and oxygen atoms in total. The maximum atomic E-state index is 9.35. The molecule has 0 aliphatic heterocycles. The van der Waals surface area contributed by atoms with Gasteiger partial charge in [0.2, 0.25) is 0 Å². The highest BCUT2D eigenvalue weighted by Crippen LogP contribution is 2.26. The molecule has 0 saturated carbocycles. The van der Waals surface area contributed by atoms with Gasteiger partial charge in [-0.05, 0) is 5.56 Å². The van der Waals surface area contributed by atoms with Gasteiger partial charge in [0, 0.05) is 5.56 Å². The fourth-order valence-electron chi connectivity index (χ4n) is 1.81. The third-order valence-electron chi connectivity index (χ3n) is 2.64. The first-order valence-corrected chi connectivity index (χ1v) is 5.66. The molecule has 2 heteroatoms. The highest BCUT2D eigenvalue weighted by Gasteiger charge is 2.11. The van der Waals surface area contributed by atoms with Gasteiger partial charge in [-0.15, -0.1) is 0 Å². The summed E-state index contributed by atoms with van der Waals surface area (Å²) in [6.07, 6.45) is 0. The Balaban J connectivity index is 2.58. The van der Waals surface area contributed by atoms with Gasteiger partial charge in [-0.3, -0.25) is 0 Å². The molecule has 0 aliphatic rings. The summed E-state index contributed by atoms with van der Waals surface area (Å²) in [6, 6.07) is 21.4. The van der Waals surface area contributed by atoms with Crippen molar-refractivity contribution in [1.82, 2.24) is 0 Å². The molecule has 0 fully saturated rings. The van der Waals surface area contributed by atoms with Crippen molar-refractivity contribution in [1.29, 1.82) is 5.26 Å². The van der Waals surface area contributed by atoms with Crippen LogP contribution in [-0.2, 0) is 4.74 Å². The molecule has 2 aromatic rings. The van der Waals surface area contributed by atoms with Crippen molar-refractivity contribution in [3.8, 4) is 6.07 Å². The predicted octanol–water partition coefficient (Wildman–Crippen LogP) is 3.72. The summed E-state index contributed by atoms with van der Waals surface area (Å²) in [4.78, 5) is 0. The van der Waals surface area contributed by atoms with Crippen molar-refractivity contribution in [3.05, 3.63) is 71.8 Å². The summed E-state index contributed by atoms with van der Waals surface area (Å²) >= 11 is 0. The van der Waals surface area contributed by atoms with Crippen LogP contribution in [0.1, 0.15) is 11.1 Å². The van der Waals surface area contributed by atoms with E-state index in [1.54, 1.807) is 7.11 Å². The number of benzene rings is 2. The van der Waals surface area contributed by atoms with Gasteiger partial charge in [-0.1, -0.05) is 60.7 Å². The van der Waals surface area contributed by atoms with Crippen molar-refractivity contribution in [2.24, 2.45) is 0 Å². The fraction of sp³-hybridized carbons (Fsp3) is 0.0625. The van der Waals surface area contributed by atoms with Crippen molar-refractivity contribution in [2.75, 3.05) is 7.11 Å². The summed E-state index contributed by atoms with van der Waals surface area (Å²) in [6.45, 7) is 0. The van der Waals surface area contributed by atoms with Crippen molar-refractivity contribution in [2.45, 2.75) is 0 Å². The standard InChI is InChI=1S/C16H13NO/c1-18-16(14-10-6-3-7-11-14)15(12-17)13-8-4-2-5-9-13/h2-11H,1H3/b16-15-. The molecule has 0 saturated heterocycles. The van der Waals surface area contributed by atoms with E-state index in [-0.39, 0.29) is 0 Å². The summed E-state index contributed by atoms with van der Waals surface area (Å²) in [5.41, 5.74) is 2.31. The third-order valence-corrected chi connectivity index (χ3v) is 2.64. The number of methoxy groups -OCH3 is 1. The van der Waals surface area contributed by atoms with Crippen LogP contribution in [0, 0.1) is 11.3 Å². The molecule has 0 spiro atoms. The topological polar surface area (TPSA) is 33.0 Å². The van der Waals surface area contributed by atoms with Gasteiger partial charge >= 0.3 is 0 Å². The van der Waals surface area contributed by atoms with Gasteiger partial charge in [-0.2, -0.15) is 5.26 Å². The Kier molecular flexibility index (Phi) is 3.78. The number of nitrogens with zero attached hydrogens (tertiary/aromatic N) is 1. The van der Waals surface area contributed by atoms with Gasteiger partial charge in [0.25, 0.3) is 0 Å².